The van der Waals surface area contributed by atoms with E-state index in [1.165, 1.54) is 0 Å². The van der Waals surface area contributed by atoms with Gasteiger partial charge in [-0.15, -0.1) is 0 Å². The first kappa shape index (κ1) is 14.1. The van der Waals surface area contributed by atoms with Crippen LogP contribution in [-0.4, -0.2) is 31.5 Å². The molecular formula is C12H20N4O2. The van der Waals surface area contributed by atoms with E-state index in [0.717, 1.165) is 5.76 Å². The summed E-state index contributed by atoms with van der Waals surface area (Å²) in [6.45, 7) is 4.57. The minimum absolute atomic E-state index is 0.113. The minimum Gasteiger partial charge on any atom is -0.467 e. The first-order valence-electron chi connectivity index (χ1n) is 5.88. The maximum Gasteiger partial charge on any atom is 0.239 e. The van der Waals surface area contributed by atoms with E-state index in [1.54, 1.807) is 19.4 Å². The number of guanidine groups is 1. The number of carbonyl (C=O) groups excluding carboxylic acids is 1. The number of aliphatic imine (C=N–C) groups is 1. The number of furan rings is 1. The number of hydrogen-bond acceptors (Lipinski definition) is 3. The molecule has 0 aromatic carbocycles. The third-order valence-corrected chi connectivity index (χ3v) is 2.11. The summed E-state index contributed by atoms with van der Waals surface area (Å²) in [4.78, 5) is 15.6. The van der Waals surface area contributed by atoms with Gasteiger partial charge in [-0.05, 0) is 26.0 Å². The summed E-state index contributed by atoms with van der Waals surface area (Å²) in [5.41, 5.74) is 0. The topological polar surface area (TPSA) is 78.7 Å². The Hall–Kier alpha value is -1.98. The molecule has 1 rings (SSSR count). The molecule has 0 unspecified atom stereocenters. The fraction of sp³-hybridized carbons (Fsp3) is 0.500. The van der Waals surface area contributed by atoms with Gasteiger partial charge in [-0.1, -0.05) is 0 Å². The summed E-state index contributed by atoms with van der Waals surface area (Å²) in [5, 5.41) is 8.76. The van der Waals surface area contributed by atoms with Gasteiger partial charge in [0.25, 0.3) is 0 Å². The SMILES string of the molecule is CN=C(NCC(=O)NCc1ccco1)NC(C)C. The average molecular weight is 252 g/mol. The molecule has 1 aromatic heterocycles. The standard InChI is InChI=1S/C12H20N4O2/c1-9(2)16-12(13-3)15-8-11(17)14-7-10-5-4-6-18-10/h4-6,9H,7-8H2,1-3H3,(H,14,17)(H2,13,15,16). The molecule has 1 heterocycles. The van der Waals surface area contributed by atoms with Crippen molar-refractivity contribution in [2.75, 3.05) is 13.6 Å². The van der Waals surface area contributed by atoms with Crippen LogP contribution in [-0.2, 0) is 11.3 Å². The largest absolute Gasteiger partial charge is 0.467 e. The van der Waals surface area contributed by atoms with Gasteiger partial charge in [-0.25, -0.2) is 0 Å². The molecule has 1 amide bonds. The summed E-state index contributed by atoms with van der Waals surface area (Å²) >= 11 is 0. The van der Waals surface area contributed by atoms with Crippen molar-refractivity contribution in [3.63, 3.8) is 0 Å². The Bertz CT molecular complexity index is 385. The second-order valence-corrected chi connectivity index (χ2v) is 4.08. The molecule has 0 aliphatic heterocycles. The lowest BCUT2D eigenvalue weighted by Gasteiger charge is -2.14. The summed E-state index contributed by atoms with van der Waals surface area (Å²) in [6.07, 6.45) is 1.58. The predicted molar refractivity (Wildman–Crippen MR) is 70.2 cm³/mol. The van der Waals surface area contributed by atoms with Gasteiger partial charge in [-0.2, -0.15) is 0 Å². The molecule has 1 aromatic rings. The van der Waals surface area contributed by atoms with E-state index in [4.69, 9.17) is 4.42 Å². The number of rotatable bonds is 5. The lowest BCUT2D eigenvalue weighted by molar-refractivity contribution is -0.120. The molecule has 0 aliphatic rings. The van der Waals surface area contributed by atoms with Gasteiger partial charge in [0.05, 0.1) is 19.4 Å². The molecule has 0 spiro atoms. The fourth-order valence-corrected chi connectivity index (χ4v) is 1.29. The van der Waals surface area contributed by atoms with Crippen molar-refractivity contribution in [2.24, 2.45) is 4.99 Å². The number of amides is 1. The van der Waals surface area contributed by atoms with E-state index in [2.05, 4.69) is 20.9 Å². The molecule has 6 heteroatoms. The van der Waals surface area contributed by atoms with Gasteiger partial charge in [0.1, 0.15) is 5.76 Å². The first-order chi connectivity index (χ1) is 8.61. The molecular weight excluding hydrogens is 232 g/mol. The van der Waals surface area contributed by atoms with Crippen molar-refractivity contribution in [3.05, 3.63) is 24.2 Å². The van der Waals surface area contributed by atoms with E-state index in [1.807, 2.05) is 19.9 Å². The second-order valence-electron chi connectivity index (χ2n) is 4.08. The van der Waals surface area contributed by atoms with Gasteiger partial charge in [-0.3, -0.25) is 9.79 Å². The highest BCUT2D eigenvalue weighted by molar-refractivity contribution is 5.86. The Kier molecular flexibility index (Phi) is 5.76. The van der Waals surface area contributed by atoms with Crippen molar-refractivity contribution >= 4 is 11.9 Å². The Morgan fingerprint density at radius 2 is 2.22 bits per heavy atom. The van der Waals surface area contributed by atoms with Crippen molar-refractivity contribution < 1.29 is 9.21 Å². The summed E-state index contributed by atoms with van der Waals surface area (Å²) in [7, 11) is 1.67. The molecule has 0 aliphatic carbocycles. The van der Waals surface area contributed by atoms with E-state index in [9.17, 15) is 4.79 Å². The van der Waals surface area contributed by atoms with Crippen LogP contribution >= 0.6 is 0 Å². The van der Waals surface area contributed by atoms with Crippen LogP contribution in [0.1, 0.15) is 19.6 Å². The Morgan fingerprint density at radius 1 is 1.44 bits per heavy atom. The maximum absolute atomic E-state index is 11.5. The third-order valence-electron chi connectivity index (χ3n) is 2.11. The van der Waals surface area contributed by atoms with Gasteiger partial charge in [0.2, 0.25) is 5.91 Å². The molecule has 100 valence electrons. The van der Waals surface area contributed by atoms with E-state index < -0.39 is 0 Å². The van der Waals surface area contributed by atoms with Crippen molar-refractivity contribution in [1.29, 1.82) is 0 Å². The van der Waals surface area contributed by atoms with Crippen LogP contribution in [0.2, 0.25) is 0 Å². The molecule has 0 fully saturated rings. The highest BCUT2D eigenvalue weighted by Gasteiger charge is 2.05. The number of nitrogens with zero attached hydrogens (tertiary/aromatic N) is 1. The summed E-state index contributed by atoms with van der Waals surface area (Å²) in [5.74, 6) is 1.23. The van der Waals surface area contributed by atoms with E-state index in [-0.39, 0.29) is 18.5 Å². The van der Waals surface area contributed by atoms with Gasteiger partial charge >= 0.3 is 0 Å². The minimum atomic E-state index is -0.113. The Morgan fingerprint density at radius 3 is 2.78 bits per heavy atom. The predicted octanol–water partition coefficient (Wildman–Crippen LogP) is 0.469. The van der Waals surface area contributed by atoms with Crippen LogP contribution in [0, 0.1) is 0 Å². The van der Waals surface area contributed by atoms with Gasteiger partial charge in [0.15, 0.2) is 5.96 Å². The van der Waals surface area contributed by atoms with Gasteiger partial charge < -0.3 is 20.4 Å². The van der Waals surface area contributed by atoms with Crippen LogP contribution in [0.3, 0.4) is 0 Å². The highest BCUT2D eigenvalue weighted by Crippen LogP contribution is 1.97. The Balaban J connectivity index is 2.24. The average Bonchev–Trinajstić information content (AvgIpc) is 2.84. The zero-order chi connectivity index (χ0) is 13.4. The molecule has 0 saturated heterocycles. The molecule has 3 N–H and O–H groups in total. The molecule has 0 radical (unpaired) electrons. The summed E-state index contributed by atoms with van der Waals surface area (Å²) < 4.78 is 5.11. The zero-order valence-electron chi connectivity index (χ0n) is 11.0. The lowest BCUT2D eigenvalue weighted by atomic mass is 10.4. The molecule has 0 saturated carbocycles. The maximum atomic E-state index is 11.5. The molecule has 18 heavy (non-hydrogen) atoms. The number of hydrogen-bond donors (Lipinski definition) is 3. The monoisotopic (exact) mass is 252 g/mol. The van der Waals surface area contributed by atoms with Crippen molar-refractivity contribution in [1.82, 2.24) is 16.0 Å². The quantitative estimate of drug-likeness (QED) is 0.526. The van der Waals surface area contributed by atoms with Gasteiger partial charge in [0, 0.05) is 13.1 Å². The first-order valence-corrected chi connectivity index (χ1v) is 5.88. The van der Waals surface area contributed by atoms with Crippen LogP contribution < -0.4 is 16.0 Å². The van der Waals surface area contributed by atoms with E-state index >= 15 is 0 Å². The van der Waals surface area contributed by atoms with Crippen LogP contribution in [0.15, 0.2) is 27.8 Å². The number of nitrogens with one attached hydrogen (secondary N) is 3. The zero-order valence-corrected chi connectivity index (χ0v) is 11.0. The highest BCUT2D eigenvalue weighted by atomic mass is 16.3. The molecule has 0 bridgehead atoms. The van der Waals surface area contributed by atoms with Crippen LogP contribution in [0.25, 0.3) is 0 Å². The lowest BCUT2D eigenvalue weighted by Crippen LogP contribution is -2.45. The molecule has 0 atom stereocenters. The number of carbonyl (C=O) groups is 1. The Labute approximate surface area is 107 Å². The van der Waals surface area contributed by atoms with E-state index in [0.29, 0.717) is 12.5 Å². The van der Waals surface area contributed by atoms with Crippen LogP contribution in [0.4, 0.5) is 0 Å². The second kappa shape index (κ2) is 7.37. The van der Waals surface area contributed by atoms with Crippen LogP contribution in [0.5, 0.6) is 0 Å². The summed E-state index contributed by atoms with van der Waals surface area (Å²) in [6, 6.07) is 3.86. The van der Waals surface area contributed by atoms with Crippen molar-refractivity contribution in [2.45, 2.75) is 26.4 Å². The van der Waals surface area contributed by atoms with Crippen molar-refractivity contribution in [3.8, 4) is 0 Å². The normalized spacial score (nSPS) is 11.4. The molecule has 6 nitrogen and oxygen atoms in total. The fourth-order valence-electron chi connectivity index (χ4n) is 1.29. The smallest absolute Gasteiger partial charge is 0.239 e. The third kappa shape index (κ3) is 5.38.